The lowest BCUT2D eigenvalue weighted by molar-refractivity contribution is -0.0712. The van der Waals surface area contributed by atoms with Crippen LogP contribution < -0.4 is 5.32 Å². The number of hydrogen-bond donors (Lipinski definition) is 1. The number of hydrogen-bond acceptors (Lipinski definition) is 3. The molecular weight excluding hydrogens is 238 g/mol. The first kappa shape index (κ1) is 14.5. The lowest BCUT2D eigenvalue weighted by atomic mass is 9.78. The van der Waals surface area contributed by atoms with Gasteiger partial charge in [-0.05, 0) is 25.8 Å². The summed E-state index contributed by atoms with van der Waals surface area (Å²) in [5.74, 6) is 1.09. The minimum Gasteiger partial charge on any atom is -0.376 e. The topological polar surface area (TPSA) is 39.1 Å². The Bertz CT molecular complexity index is 382. The van der Waals surface area contributed by atoms with Crippen molar-refractivity contribution in [3.63, 3.8) is 0 Å². The maximum atomic E-state index is 6.00. The van der Waals surface area contributed by atoms with Crippen LogP contribution in [0.1, 0.15) is 57.3 Å². The van der Waals surface area contributed by atoms with E-state index >= 15 is 0 Å². The van der Waals surface area contributed by atoms with Crippen LogP contribution in [0.3, 0.4) is 0 Å². The van der Waals surface area contributed by atoms with Crippen LogP contribution in [-0.4, -0.2) is 28.8 Å². The third kappa shape index (κ3) is 3.00. The van der Waals surface area contributed by atoms with E-state index in [1.165, 1.54) is 19.3 Å². The summed E-state index contributed by atoms with van der Waals surface area (Å²) < 4.78 is 8.11. The van der Waals surface area contributed by atoms with Gasteiger partial charge in [-0.1, -0.05) is 26.2 Å². The summed E-state index contributed by atoms with van der Waals surface area (Å²) in [7, 11) is 3.92. The molecule has 19 heavy (non-hydrogen) atoms. The van der Waals surface area contributed by atoms with Crippen LogP contribution in [0.25, 0.3) is 0 Å². The third-order valence-corrected chi connectivity index (χ3v) is 4.35. The molecular formula is C15H27N3O. The van der Waals surface area contributed by atoms with Crippen LogP contribution in [0.4, 0.5) is 0 Å². The van der Waals surface area contributed by atoms with Gasteiger partial charge in [0.2, 0.25) is 0 Å². The number of aromatic nitrogens is 2. The van der Waals surface area contributed by atoms with E-state index in [0.29, 0.717) is 0 Å². The van der Waals surface area contributed by atoms with Crippen molar-refractivity contribution in [2.24, 2.45) is 7.05 Å². The van der Waals surface area contributed by atoms with Gasteiger partial charge < -0.3 is 14.6 Å². The first-order chi connectivity index (χ1) is 9.23. The molecule has 1 atom stereocenters. The van der Waals surface area contributed by atoms with Gasteiger partial charge in [-0.25, -0.2) is 4.98 Å². The van der Waals surface area contributed by atoms with Crippen molar-refractivity contribution >= 4 is 0 Å². The molecule has 1 aromatic heterocycles. The summed E-state index contributed by atoms with van der Waals surface area (Å²) >= 11 is 0. The number of imidazole rings is 1. The molecule has 4 heteroatoms. The zero-order valence-corrected chi connectivity index (χ0v) is 12.5. The van der Waals surface area contributed by atoms with E-state index in [0.717, 1.165) is 31.6 Å². The molecule has 1 heterocycles. The standard InChI is InChI=1S/C15H27N3O/c1-4-10-16-13(14-17-11-12-18(14)2)15(19-3)8-6-5-7-9-15/h11-13,16H,4-10H2,1-3H3. The molecule has 0 saturated heterocycles. The Labute approximate surface area is 116 Å². The predicted octanol–water partition coefficient (Wildman–Crippen LogP) is 2.81. The number of nitrogens with zero attached hydrogens (tertiary/aromatic N) is 2. The van der Waals surface area contributed by atoms with Crippen molar-refractivity contribution in [3.8, 4) is 0 Å². The summed E-state index contributed by atoms with van der Waals surface area (Å²) in [5, 5.41) is 3.67. The van der Waals surface area contributed by atoms with Gasteiger partial charge in [0.05, 0.1) is 11.6 Å². The quantitative estimate of drug-likeness (QED) is 0.859. The van der Waals surface area contributed by atoms with E-state index in [1.54, 1.807) is 0 Å². The Hall–Kier alpha value is -0.870. The number of nitrogens with one attached hydrogen (secondary N) is 1. The highest BCUT2D eigenvalue weighted by Crippen LogP contribution is 2.40. The summed E-state index contributed by atoms with van der Waals surface area (Å²) in [4.78, 5) is 4.56. The summed E-state index contributed by atoms with van der Waals surface area (Å²) in [6.07, 6.45) is 11.1. The molecule has 108 valence electrons. The average Bonchev–Trinajstić information content (AvgIpc) is 2.86. The van der Waals surface area contributed by atoms with Crippen molar-refractivity contribution in [1.82, 2.24) is 14.9 Å². The molecule has 1 N–H and O–H groups in total. The van der Waals surface area contributed by atoms with Gasteiger partial charge in [0.15, 0.2) is 0 Å². The Balaban J connectivity index is 2.27. The maximum Gasteiger partial charge on any atom is 0.128 e. The number of aryl methyl sites for hydroxylation is 1. The van der Waals surface area contributed by atoms with Crippen LogP contribution in [-0.2, 0) is 11.8 Å². The second kappa shape index (κ2) is 6.53. The van der Waals surface area contributed by atoms with Gasteiger partial charge in [0.1, 0.15) is 5.82 Å². The molecule has 0 bridgehead atoms. The van der Waals surface area contributed by atoms with Crippen molar-refractivity contribution in [1.29, 1.82) is 0 Å². The van der Waals surface area contributed by atoms with Crippen molar-refractivity contribution in [2.45, 2.75) is 57.1 Å². The molecule has 1 aliphatic carbocycles. The van der Waals surface area contributed by atoms with Crippen LogP contribution in [0, 0.1) is 0 Å². The zero-order chi connectivity index (χ0) is 13.7. The molecule has 1 aromatic rings. The molecule has 0 aliphatic heterocycles. The van der Waals surface area contributed by atoms with Crippen molar-refractivity contribution in [2.75, 3.05) is 13.7 Å². The molecule has 4 nitrogen and oxygen atoms in total. The van der Waals surface area contributed by atoms with Gasteiger partial charge >= 0.3 is 0 Å². The smallest absolute Gasteiger partial charge is 0.128 e. The Morgan fingerprint density at radius 3 is 2.68 bits per heavy atom. The first-order valence-electron chi connectivity index (χ1n) is 7.49. The normalized spacial score (nSPS) is 20.4. The summed E-state index contributed by atoms with van der Waals surface area (Å²) in [6.45, 7) is 3.20. The minimum atomic E-state index is -0.0907. The Kier molecular flexibility index (Phi) is 4.99. The summed E-state index contributed by atoms with van der Waals surface area (Å²) in [6, 6.07) is 0.192. The highest BCUT2D eigenvalue weighted by Gasteiger charge is 2.42. The number of ether oxygens (including phenoxy) is 1. The highest BCUT2D eigenvalue weighted by molar-refractivity contribution is 5.08. The second-order valence-corrected chi connectivity index (χ2v) is 5.61. The van der Waals surface area contributed by atoms with Crippen molar-refractivity contribution in [3.05, 3.63) is 18.2 Å². The summed E-state index contributed by atoms with van der Waals surface area (Å²) in [5.41, 5.74) is -0.0907. The van der Waals surface area contributed by atoms with E-state index in [4.69, 9.17) is 4.74 Å². The fourth-order valence-electron chi connectivity index (χ4n) is 3.22. The van der Waals surface area contributed by atoms with Crippen LogP contribution in [0.2, 0.25) is 0 Å². The van der Waals surface area contributed by atoms with Crippen LogP contribution in [0.5, 0.6) is 0 Å². The van der Waals surface area contributed by atoms with Gasteiger partial charge in [-0.15, -0.1) is 0 Å². The van der Waals surface area contributed by atoms with Gasteiger partial charge in [0, 0.05) is 26.6 Å². The van der Waals surface area contributed by atoms with Gasteiger partial charge in [0.25, 0.3) is 0 Å². The monoisotopic (exact) mass is 265 g/mol. The molecule has 1 unspecified atom stereocenters. The molecule has 1 saturated carbocycles. The number of rotatable bonds is 6. The molecule has 0 aromatic carbocycles. The average molecular weight is 265 g/mol. The van der Waals surface area contributed by atoms with E-state index in [-0.39, 0.29) is 11.6 Å². The fourth-order valence-corrected chi connectivity index (χ4v) is 3.22. The molecule has 1 fully saturated rings. The Morgan fingerprint density at radius 1 is 1.42 bits per heavy atom. The number of methoxy groups -OCH3 is 1. The molecule has 1 aliphatic rings. The van der Waals surface area contributed by atoms with Crippen LogP contribution >= 0.6 is 0 Å². The highest BCUT2D eigenvalue weighted by atomic mass is 16.5. The molecule has 0 amide bonds. The lowest BCUT2D eigenvalue weighted by Crippen LogP contribution is -2.48. The van der Waals surface area contributed by atoms with Crippen LogP contribution in [0.15, 0.2) is 12.4 Å². The second-order valence-electron chi connectivity index (χ2n) is 5.61. The largest absolute Gasteiger partial charge is 0.376 e. The third-order valence-electron chi connectivity index (χ3n) is 4.35. The van der Waals surface area contributed by atoms with E-state index in [1.807, 2.05) is 19.5 Å². The maximum absolute atomic E-state index is 6.00. The lowest BCUT2D eigenvalue weighted by Gasteiger charge is -2.42. The van der Waals surface area contributed by atoms with Gasteiger partial charge in [-0.2, -0.15) is 0 Å². The van der Waals surface area contributed by atoms with E-state index < -0.39 is 0 Å². The molecule has 0 spiro atoms. The van der Waals surface area contributed by atoms with Crippen molar-refractivity contribution < 1.29 is 4.74 Å². The predicted molar refractivity (Wildman–Crippen MR) is 77.1 cm³/mol. The molecule has 2 rings (SSSR count). The van der Waals surface area contributed by atoms with E-state index in [9.17, 15) is 0 Å². The van der Waals surface area contributed by atoms with E-state index in [2.05, 4.69) is 28.8 Å². The minimum absolute atomic E-state index is 0.0907. The molecule has 0 radical (unpaired) electrons. The van der Waals surface area contributed by atoms with Gasteiger partial charge in [-0.3, -0.25) is 0 Å². The SMILES string of the molecule is CCCNC(c1nccn1C)C1(OC)CCCCC1. The first-order valence-corrected chi connectivity index (χ1v) is 7.49. The Morgan fingerprint density at radius 2 is 2.16 bits per heavy atom. The fraction of sp³-hybridized carbons (Fsp3) is 0.800. The zero-order valence-electron chi connectivity index (χ0n) is 12.5.